The molecule has 34 heavy (non-hydrogen) atoms. The monoisotopic (exact) mass is 497 g/mol. The molecule has 3 saturated heterocycles. The fourth-order valence-corrected chi connectivity index (χ4v) is 7.03. The summed E-state index contributed by atoms with van der Waals surface area (Å²) in [7, 11) is 1.66. The Morgan fingerprint density at radius 2 is 2.09 bits per heavy atom. The molecular weight excluding hydrogens is 465 g/mol. The highest BCUT2D eigenvalue weighted by Crippen LogP contribution is 2.51. The van der Waals surface area contributed by atoms with Gasteiger partial charge in [0, 0.05) is 35.2 Å². The third-order valence-corrected chi connectivity index (χ3v) is 8.69. The number of thioether (sulfide) groups is 1. The summed E-state index contributed by atoms with van der Waals surface area (Å²) in [4.78, 5) is 53.3. The highest BCUT2D eigenvalue weighted by molar-refractivity contribution is 8.03. The molecule has 0 radical (unpaired) electrons. The van der Waals surface area contributed by atoms with Gasteiger partial charge in [-0.1, -0.05) is 6.92 Å². The largest absolute Gasteiger partial charge is 0.477 e. The highest BCUT2D eigenvalue weighted by Gasteiger charge is 2.60. The maximum Gasteiger partial charge on any atom is 0.353 e. The van der Waals surface area contributed by atoms with Gasteiger partial charge in [-0.2, -0.15) is 0 Å². The number of alkyl halides is 1. The molecule has 0 aromatic carbocycles. The zero-order valence-electron chi connectivity index (χ0n) is 19.5. The lowest BCUT2D eigenvalue weighted by Gasteiger charge is -2.47. The molecule has 188 valence electrons. The van der Waals surface area contributed by atoms with Gasteiger partial charge in [-0.05, 0) is 26.8 Å². The zero-order valence-corrected chi connectivity index (χ0v) is 20.4. The van der Waals surface area contributed by atoms with Gasteiger partial charge in [0.1, 0.15) is 11.9 Å². The van der Waals surface area contributed by atoms with Gasteiger partial charge in [-0.25, -0.2) is 9.18 Å². The van der Waals surface area contributed by atoms with E-state index in [0.29, 0.717) is 30.8 Å². The van der Waals surface area contributed by atoms with Crippen LogP contribution in [0.5, 0.6) is 0 Å². The number of hydrogen-bond donors (Lipinski definition) is 4. The smallest absolute Gasteiger partial charge is 0.353 e. The first kappa shape index (κ1) is 24.9. The summed E-state index contributed by atoms with van der Waals surface area (Å²) in [5, 5.41) is 18.7. The number of likely N-dealkylation sites (tertiary alicyclic amines) is 1. The second-order valence-electron chi connectivity index (χ2n) is 9.52. The number of carbonyl (C=O) groups is 4. The van der Waals surface area contributed by atoms with Crippen molar-refractivity contribution in [1.29, 1.82) is 0 Å². The van der Waals surface area contributed by atoms with Crippen LogP contribution in [0.1, 0.15) is 26.7 Å². The minimum absolute atomic E-state index is 0.00657. The second-order valence-corrected chi connectivity index (χ2v) is 10.9. The summed E-state index contributed by atoms with van der Waals surface area (Å²) in [6.07, 6.45) is -0.0967. The van der Waals surface area contributed by atoms with E-state index < -0.39 is 30.1 Å². The van der Waals surface area contributed by atoms with E-state index in [1.807, 2.05) is 6.92 Å². The molecule has 0 bridgehead atoms. The van der Waals surface area contributed by atoms with Crippen LogP contribution in [-0.2, 0) is 19.2 Å². The Bertz CT molecular complexity index is 916. The normalized spacial score (nSPS) is 33.7. The van der Waals surface area contributed by atoms with Gasteiger partial charge in [0.15, 0.2) is 0 Å². The number of fused-ring (bicyclic) bond motifs is 1. The number of carboxylic acid groups (broad SMARTS) is 1. The van der Waals surface area contributed by atoms with Crippen molar-refractivity contribution in [2.75, 3.05) is 33.2 Å². The molecule has 3 fully saturated rings. The number of aliphatic carboxylic acids is 1. The van der Waals surface area contributed by atoms with E-state index in [-0.39, 0.29) is 53.7 Å². The highest BCUT2D eigenvalue weighted by atomic mass is 32.2. The lowest BCUT2D eigenvalue weighted by atomic mass is 9.78. The SMILES string of the molecule is CNCC(=O)N[C@H](C)[C@H]1C(=O)N2C(C(=O)O)=C(S[C@@H]3CN[C@H](C(=O)N4CC[C@H](F)C4)C3)[C@H](C)C12. The van der Waals surface area contributed by atoms with Crippen molar-refractivity contribution in [1.82, 2.24) is 25.8 Å². The molecule has 10 nitrogen and oxygen atoms in total. The van der Waals surface area contributed by atoms with E-state index in [1.165, 1.54) is 16.7 Å². The number of nitrogens with zero attached hydrogens (tertiary/aromatic N) is 2. The Balaban J connectivity index is 1.43. The zero-order chi connectivity index (χ0) is 24.7. The Morgan fingerprint density at radius 1 is 1.35 bits per heavy atom. The number of carbonyl (C=O) groups excluding carboxylic acids is 3. The summed E-state index contributed by atoms with van der Waals surface area (Å²) in [6, 6.07) is -1.17. The maximum atomic E-state index is 13.5. The topological polar surface area (TPSA) is 131 Å². The van der Waals surface area contributed by atoms with Crippen molar-refractivity contribution in [3.8, 4) is 0 Å². The summed E-state index contributed by atoms with van der Waals surface area (Å²) < 4.78 is 13.5. The second kappa shape index (κ2) is 9.82. The van der Waals surface area contributed by atoms with E-state index >= 15 is 0 Å². The quantitative estimate of drug-likeness (QED) is 0.331. The molecule has 0 aromatic rings. The van der Waals surface area contributed by atoms with E-state index in [0.717, 1.165) is 0 Å². The molecule has 4 rings (SSSR count). The molecule has 7 atom stereocenters. The van der Waals surface area contributed by atoms with Crippen molar-refractivity contribution in [2.45, 2.75) is 56.2 Å². The number of hydrogen-bond acceptors (Lipinski definition) is 7. The molecule has 4 heterocycles. The Kier molecular flexibility index (Phi) is 7.20. The summed E-state index contributed by atoms with van der Waals surface area (Å²) >= 11 is 1.41. The number of carboxylic acids is 1. The summed E-state index contributed by atoms with van der Waals surface area (Å²) in [5.74, 6) is -2.49. The van der Waals surface area contributed by atoms with Crippen LogP contribution in [0.15, 0.2) is 10.6 Å². The molecule has 3 amide bonds. The molecule has 0 aromatic heterocycles. The van der Waals surface area contributed by atoms with Gasteiger partial charge in [0.25, 0.3) is 0 Å². The van der Waals surface area contributed by atoms with Crippen LogP contribution in [-0.4, -0.2) is 101 Å². The predicted octanol–water partition coefficient (Wildman–Crippen LogP) is -0.482. The van der Waals surface area contributed by atoms with E-state index in [1.54, 1.807) is 18.9 Å². The predicted molar refractivity (Wildman–Crippen MR) is 123 cm³/mol. The van der Waals surface area contributed by atoms with E-state index in [2.05, 4.69) is 16.0 Å². The molecular formula is C22H32FN5O5S. The molecule has 12 heteroatoms. The number of amides is 3. The molecule has 0 aliphatic carbocycles. The number of halogens is 1. The third kappa shape index (κ3) is 4.42. The van der Waals surface area contributed by atoms with E-state index in [9.17, 15) is 28.7 Å². The van der Waals surface area contributed by atoms with Gasteiger partial charge in [-0.3, -0.25) is 14.4 Å². The van der Waals surface area contributed by atoms with E-state index in [4.69, 9.17) is 0 Å². The minimum atomic E-state index is -1.15. The van der Waals surface area contributed by atoms with Crippen molar-refractivity contribution in [3.05, 3.63) is 10.6 Å². The standard InChI is InChI=1S/C22H32FN5O5S/c1-10-17-16(11(2)26-15(29)8-24-3)21(31)28(17)18(22(32)33)19(10)34-13-6-14(25-7-13)20(30)27-5-4-12(23)9-27/h10-14,16-17,24-25H,4-9H2,1-3H3,(H,26,29)(H,32,33)/t10-,11-,12+,13+,14+,16-,17?/m1/s1. The lowest BCUT2D eigenvalue weighted by molar-refractivity contribution is -0.158. The van der Waals surface area contributed by atoms with Crippen LogP contribution >= 0.6 is 11.8 Å². The molecule has 0 saturated carbocycles. The molecule has 4 aliphatic heterocycles. The summed E-state index contributed by atoms with van der Waals surface area (Å²) in [5.41, 5.74) is 0.00657. The lowest BCUT2D eigenvalue weighted by Crippen LogP contribution is -2.66. The van der Waals surface area contributed by atoms with Gasteiger partial charge in [-0.15, -0.1) is 11.8 Å². The number of likely N-dealkylation sites (N-methyl/N-ethyl adjacent to an activating group) is 1. The Hall–Kier alpha value is -2.18. The Morgan fingerprint density at radius 3 is 2.71 bits per heavy atom. The van der Waals surface area contributed by atoms with Gasteiger partial charge < -0.3 is 30.9 Å². The van der Waals surface area contributed by atoms with Crippen molar-refractivity contribution < 1.29 is 28.7 Å². The van der Waals surface area contributed by atoms with Crippen LogP contribution < -0.4 is 16.0 Å². The first-order valence-electron chi connectivity index (χ1n) is 11.7. The Labute approximate surface area is 202 Å². The fraction of sp³-hybridized carbons (Fsp3) is 0.727. The minimum Gasteiger partial charge on any atom is -0.477 e. The summed E-state index contributed by atoms with van der Waals surface area (Å²) in [6.45, 7) is 4.88. The molecule has 1 unspecified atom stereocenters. The first-order chi connectivity index (χ1) is 16.1. The van der Waals surface area contributed by atoms with Gasteiger partial charge in [0.05, 0.1) is 31.1 Å². The van der Waals surface area contributed by atoms with Crippen molar-refractivity contribution in [3.63, 3.8) is 0 Å². The molecule has 0 spiro atoms. The fourth-order valence-electron chi connectivity index (χ4n) is 5.55. The average Bonchev–Trinajstić information content (AvgIpc) is 3.46. The van der Waals surface area contributed by atoms with Gasteiger partial charge in [0.2, 0.25) is 17.7 Å². The number of rotatable bonds is 8. The first-order valence-corrected chi connectivity index (χ1v) is 12.6. The average molecular weight is 498 g/mol. The maximum absolute atomic E-state index is 13.5. The van der Waals surface area contributed by atoms with Crippen LogP contribution in [0.25, 0.3) is 0 Å². The third-order valence-electron chi connectivity index (χ3n) is 7.18. The van der Waals surface area contributed by atoms with Crippen molar-refractivity contribution >= 4 is 35.5 Å². The van der Waals surface area contributed by atoms with Crippen LogP contribution in [0.3, 0.4) is 0 Å². The molecule has 4 N–H and O–H groups in total. The molecule has 4 aliphatic rings. The van der Waals surface area contributed by atoms with Gasteiger partial charge >= 0.3 is 5.97 Å². The number of β-lactam (4-membered cyclic amide) rings is 1. The van der Waals surface area contributed by atoms with Crippen LogP contribution in [0.4, 0.5) is 4.39 Å². The number of nitrogens with one attached hydrogen (secondary N) is 3. The van der Waals surface area contributed by atoms with Crippen molar-refractivity contribution in [2.24, 2.45) is 11.8 Å². The van der Waals surface area contributed by atoms with Crippen LogP contribution in [0.2, 0.25) is 0 Å². The van der Waals surface area contributed by atoms with Crippen LogP contribution in [0, 0.1) is 11.8 Å².